The summed E-state index contributed by atoms with van der Waals surface area (Å²) in [5.41, 5.74) is 7.06. The van der Waals surface area contributed by atoms with Crippen molar-refractivity contribution >= 4 is 17.1 Å². The van der Waals surface area contributed by atoms with Crippen molar-refractivity contribution in [1.82, 2.24) is 9.55 Å². The van der Waals surface area contributed by atoms with Crippen LogP contribution in [0.1, 0.15) is 5.82 Å². The molecule has 100 valence electrons. The largest absolute Gasteiger partial charge is 0.393 e. The molecular formula is C12H17N6O+. The summed E-state index contributed by atoms with van der Waals surface area (Å²) in [6.45, 7) is 0.706. The number of benzene rings is 1. The van der Waals surface area contributed by atoms with Crippen molar-refractivity contribution < 1.29 is 4.87 Å². The number of aromatic nitrogens is 2. The average Bonchev–Trinajstić information content (AvgIpc) is 2.77. The number of imidazole rings is 1. The lowest BCUT2D eigenvalue weighted by Crippen LogP contribution is -2.12. The van der Waals surface area contributed by atoms with Gasteiger partial charge in [0.15, 0.2) is 4.87 Å². The Morgan fingerprint density at radius 1 is 1.47 bits per heavy atom. The van der Waals surface area contributed by atoms with Gasteiger partial charge in [-0.25, -0.2) is 4.98 Å². The van der Waals surface area contributed by atoms with Crippen LogP contribution in [0.15, 0.2) is 30.6 Å². The van der Waals surface area contributed by atoms with Crippen molar-refractivity contribution in [3.63, 3.8) is 0 Å². The number of aryl methyl sites for hydroxylation is 1. The van der Waals surface area contributed by atoms with Gasteiger partial charge in [-0.15, -0.1) is 0 Å². The second-order valence-corrected chi connectivity index (χ2v) is 4.23. The molecule has 0 aliphatic carbocycles. The molecular weight excluding hydrogens is 244 g/mol. The maximum absolute atomic E-state index is 11.1. The van der Waals surface area contributed by atoms with Crippen LogP contribution in [0, 0.1) is 4.91 Å². The molecule has 0 saturated carbocycles. The maximum Gasteiger partial charge on any atom is 0.316 e. The zero-order valence-corrected chi connectivity index (χ0v) is 10.7. The van der Waals surface area contributed by atoms with Crippen LogP contribution >= 0.6 is 0 Å². The van der Waals surface area contributed by atoms with Crippen LogP contribution in [0.3, 0.4) is 0 Å². The summed E-state index contributed by atoms with van der Waals surface area (Å²) in [7, 11) is 1.95. The van der Waals surface area contributed by atoms with Gasteiger partial charge >= 0.3 is 5.69 Å². The van der Waals surface area contributed by atoms with E-state index in [1.54, 1.807) is 24.4 Å². The minimum absolute atomic E-state index is 0.252. The highest BCUT2D eigenvalue weighted by Gasteiger charge is 2.14. The van der Waals surface area contributed by atoms with Crippen molar-refractivity contribution in [3.8, 4) is 0 Å². The van der Waals surface area contributed by atoms with Crippen molar-refractivity contribution in [2.45, 2.75) is 6.42 Å². The number of hydrogen-bond acceptors (Lipinski definition) is 4. The summed E-state index contributed by atoms with van der Waals surface area (Å²) in [5.74, 6) is 6.16. The quantitative estimate of drug-likeness (QED) is 0.322. The Balaban J connectivity index is 1.98. The smallest absolute Gasteiger partial charge is 0.316 e. The first kappa shape index (κ1) is 12.9. The third kappa shape index (κ3) is 3.01. The summed E-state index contributed by atoms with van der Waals surface area (Å²) in [4.78, 5) is 15.6. The number of anilines is 2. The molecule has 2 rings (SSSR count). The Hall–Kier alpha value is -2.57. The minimum atomic E-state index is 0.252. The van der Waals surface area contributed by atoms with E-state index in [-0.39, 0.29) is 10.6 Å². The molecule has 19 heavy (non-hydrogen) atoms. The van der Waals surface area contributed by atoms with Crippen LogP contribution in [0.4, 0.5) is 17.1 Å². The molecule has 1 aromatic heterocycles. The van der Waals surface area contributed by atoms with Gasteiger partial charge in [0.2, 0.25) is 0 Å². The van der Waals surface area contributed by atoms with E-state index in [1.807, 2.05) is 17.8 Å². The van der Waals surface area contributed by atoms with Crippen molar-refractivity contribution in [3.05, 3.63) is 41.3 Å². The molecule has 7 nitrogen and oxygen atoms in total. The number of nitrogens with zero attached hydrogens (tertiary/aromatic N) is 3. The molecule has 0 aliphatic rings. The molecule has 0 unspecified atom stereocenters. The van der Waals surface area contributed by atoms with Gasteiger partial charge in [0.25, 0.3) is 0 Å². The standard InChI is InChI=1S/C12H17N6O/c1-17-7-6-16-12(17)4-5-15-9-2-3-10(13)11(8-9)18(14)19/h2-3,6-8,15H,4-5,13H2,1H3,(H2,14,19)/q+1. The number of nitrogen functional groups attached to an aromatic ring is 1. The van der Waals surface area contributed by atoms with Crippen LogP contribution in [0.25, 0.3) is 0 Å². The van der Waals surface area contributed by atoms with Gasteiger partial charge in [-0.1, -0.05) is 0 Å². The topological polar surface area (TPSA) is 102 Å². The fourth-order valence-electron chi connectivity index (χ4n) is 1.80. The number of nitroso groups, excluding NO2 is 1. The van der Waals surface area contributed by atoms with E-state index < -0.39 is 0 Å². The van der Waals surface area contributed by atoms with Crippen LogP contribution in [0.2, 0.25) is 0 Å². The van der Waals surface area contributed by atoms with Crippen molar-refractivity contribution in [1.29, 1.82) is 0 Å². The molecule has 0 radical (unpaired) electrons. The molecule has 1 aromatic carbocycles. The van der Waals surface area contributed by atoms with Crippen LogP contribution in [-0.4, -0.2) is 21.0 Å². The molecule has 0 aliphatic heterocycles. The lowest BCUT2D eigenvalue weighted by molar-refractivity contribution is -0.473. The summed E-state index contributed by atoms with van der Waals surface area (Å²) < 4.78 is 1.97. The Kier molecular flexibility index (Phi) is 3.65. The van der Waals surface area contributed by atoms with Crippen LogP contribution < -0.4 is 16.9 Å². The van der Waals surface area contributed by atoms with Gasteiger partial charge in [0.1, 0.15) is 11.5 Å². The number of rotatable bonds is 5. The van der Waals surface area contributed by atoms with Gasteiger partial charge in [0.05, 0.1) is 4.91 Å². The van der Waals surface area contributed by atoms with Gasteiger partial charge in [-0.2, -0.15) is 5.84 Å². The predicted molar refractivity (Wildman–Crippen MR) is 73.7 cm³/mol. The second-order valence-electron chi connectivity index (χ2n) is 4.23. The molecule has 7 heteroatoms. The maximum atomic E-state index is 11.1. The monoisotopic (exact) mass is 261 g/mol. The second kappa shape index (κ2) is 5.38. The number of nitrogens with two attached hydrogens (primary N) is 2. The highest BCUT2D eigenvalue weighted by molar-refractivity contribution is 5.65. The lowest BCUT2D eigenvalue weighted by atomic mass is 10.2. The van der Waals surface area contributed by atoms with E-state index in [1.165, 1.54) is 0 Å². The first-order chi connectivity index (χ1) is 9.08. The van der Waals surface area contributed by atoms with Gasteiger partial charge in [-0.3, -0.25) is 0 Å². The highest BCUT2D eigenvalue weighted by Crippen LogP contribution is 2.23. The summed E-state index contributed by atoms with van der Waals surface area (Å²) in [6.07, 6.45) is 4.45. The molecule has 1 heterocycles. The third-order valence-electron chi connectivity index (χ3n) is 2.87. The molecule has 5 N–H and O–H groups in total. The number of hydrazine groups is 1. The summed E-state index contributed by atoms with van der Waals surface area (Å²) in [5, 5.41) is 3.20. The fraction of sp³-hybridized carbons (Fsp3) is 0.250. The van der Waals surface area contributed by atoms with Crippen molar-refractivity contribution in [2.75, 3.05) is 17.6 Å². The summed E-state index contributed by atoms with van der Waals surface area (Å²) in [6, 6.07) is 5.08. The minimum Gasteiger partial charge on any atom is -0.393 e. The molecule has 0 bridgehead atoms. The zero-order valence-electron chi connectivity index (χ0n) is 10.7. The predicted octanol–water partition coefficient (Wildman–Crippen LogP) is 0.941. The molecule has 0 spiro atoms. The first-order valence-electron chi connectivity index (χ1n) is 5.89. The SMILES string of the molecule is Cn1ccnc1CCNc1ccc(N)c([N+](N)=O)c1. The third-order valence-corrected chi connectivity index (χ3v) is 2.87. The van der Waals surface area contributed by atoms with E-state index in [2.05, 4.69) is 10.3 Å². The fourth-order valence-corrected chi connectivity index (χ4v) is 1.80. The Bertz CT molecular complexity index is 592. The molecule has 0 saturated heterocycles. The lowest BCUT2D eigenvalue weighted by Gasteiger charge is -2.06. The van der Waals surface area contributed by atoms with E-state index in [0.29, 0.717) is 12.2 Å². The van der Waals surface area contributed by atoms with E-state index in [9.17, 15) is 4.91 Å². The van der Waals surface area contributed by atoms with Gasteiger partial charge in [-0.05, 0) is 12.1 Å². The summed E-state index contributed by atoms with van der Waals surface area (Å²) >= 11 is 0. The van der Waals surface area contributed by atoms with Crippen molar-refractivity contribution in [2.24, 2.45) is 12.9 Å². The normalized spacial score (nSPS) is 10.4. The van der Waals surface area contributed by atoms with Gasteiger partial charge < -0.3 is 15.6 Å². The molecule has 0 atom stereocenters. The average molecular weight is 261 g/mol. The molecule has 0 amide bonds. The van der Waals surface area contributed by atoms with Crippen LogP contribution in [-0.2, 0) is 13.5 Å². The van der Waals surface area contributed by atoms with E-state index >= 15 is 0 Å². The first-order valence-corrected chi connectivity index (χ1v) is 5.89. The molecule has 0 fully saturated rings. The number of nitrogens with one attached hydrogen (secondary N) is 1. The zero-order chi connectivity index (χ0) is 13.8. The van der Waals surface area contributed by atoms with E-state index in [4.69, 9.17) is 11.6 Å². The van der Waals surface area contributed by atoms with E-state index in [0.717, 1.165) is 17.9 Å². The Morgan fingerprint density at radius 2 is 2.26 bits per heavy atom. The van der Waals surface area contributed by atoms with Crippen LogP contribution in [0.5, 0.6) is 0 Å². The Morgan fingerprint density at radius 3 is 2.89 bits per heavy atom. The molecule has 2 aromatic rings. The number of hydrogen-bond donors (Lipinski definition) is 3. The Labute approximate surface area is 110 Å². The highest BCUT2D eigenvalue weighted by atomic mass is 16.3. The van der Waals surface area contributed by atoms with Gasteiger partial charge in [0, 0.05) is 44.2 Å².